The van der Waals surface area contributed by atoms with Crippen LogP contribution in [-0.4, -0.2) is 6.61 Å². The van der Waals surface area contributed by atoms with Gasteiger partial charge >= 0.3 is 0 Å². The number of nitrogens with two attached hydrogens (primary N) is 1. The molecule has 3 heteroatoms. The Kier molecular flexibility index (Phi) is 2.55. The van der Waals surface area contributed by atoms with Crippen molar-refractivity contribution in [1.29, 1.82) is 0 Å². The molecule has 12 heavy (non-hydrogen) atoms. The molecule has 0 radical (unpaired) electrons. The molecule has 0 bridgehead atoms. The summed E-state index contributed by atoms with van der Waals surface area (Å²) in [5.74, 6) is 5.97. The summed E-state index contributed by atoms with van der Waals surface area (Å²) in [7, 11) is 0. The zero-order valence-electron chi connectivity index (χ0n) is 7.76. The van der Waals surface area contributed by atoms with Gasteiger partial charge in [0.15, 0.2) is 0 Å². The van der Waals surface area contributed by atoms with Gasteiger partial charge in [0.05, 0.1) is 12.9 Å². The van der Waals surface area contributed by atoms with Crippen LogP contribution in [0.5, 0.6) is 0 Å². The first kappa shape index (κ1) is 9.29. The van der Waals surface area contributed by atoms with Crippen molar-refractivity contribution in [3.05, 3.63) is 23.7 Å². The monoisotopic (exact) mass is 169 g/mol. The molecular weight excluding hydrogens is 154 g/mol. The van der Waals surface area contributed by atoms with E-state index in [0.717, 1.165) is 11.3 Å². The van der Waals surface area contributed by atoms with Crippen LogP contribution in [0.15, 0.2) is 16.7 Å². The zero-order valence-corrected chi connectivity index (χ0v) is 7.76. The van der Waals surface area contributed by atoms with Crippen LogP contribution in [0.2, 0.25) is 0 Å². The van der Waals surface area contributed by atoms with Crippen LogP contribution in [0.4, 0.5) is 0 Å². The van der Waals surface area contributed by atoms with E-state index in [2.05, 4.69) is 4.84 Å². The van der Waals surface area contributed by atoms with E-state index in [1.165, 1.54) is 0 Å². The summed E-state index contributed by atoms with van der Waals surface area (Å²) in [6, 6.07) is 1.94. The molecule has 1 aromatic heterocycles. The molecular formula is C9H15NO2. The third-order valence-corrected chi connectivity index (χ3v) is 1.92. The molecule has 0 unspecified atom stereocenters. The van der Waals surface area contributed by atoms with E-state index in [1.54, 1.807) is 6.26 Å². The van der Waals surface area contributed by atoms with Crippen LogP contribution >= 0.6 is 0 Å². The number of aryl methyl sites for hydroxylation is 1. The molecule has 0 saturated heterocycles. The summed E-state index contributed by atoms with van der Waals surface area (Å²) >= 11 is 0. The summed E-state index contributed by atoms with van der Waals surface area (Å²) in [5.41, 5.74) is 0.986. The first-order valence-corrected chi connectivity index (χ1v) is 3.94. The van der Waals surface area contributed by atoms with E-state index in [0.29, 0.717) is 6.61 Å². The first-order valence-electron chi connectivity index (χ1n) is 3.94. The van der Waals surface area contributed by atoms with Crippen molar-refractivity contribution in [3.63, 3.8) is 0 Å². The lowest BCUT2D eigenvalue weighted by Gasteiger charge is -2.21. The molecule has 0 atom stereocenters. The Bertz CT molecular complexity index is 253. The van der Waals surface area contributed by atoms with Crippen molar-refractivity contribution in [2.75, 3.05) is 6.61 Å². The van der Waals surface area contributed by atoms with Gasteiger partial charge in [-0.2, -0.15) is 0 Å². The van der Waals surface area contributed by atoms with Gasteiger partial charge in [-0.25, -0.2) is 5.90 Å². The Hall–Kier alpha value is -0.800. The van der Waals surface area contributed by atoms with Crippen molar-refractivity contribution in [1.82, 2.24) is 0 Å². The molecule has 0 aliphatic rings. The topological polar surface area (TPSA) is 48.4 Å². The quantitative estimate of drug-likeness (QED) is 0.701. The van der Waals surface area contributed by atoms with Crippen molar-refractivity contribution in [3.8, 4) is 0 Å². The summed E-state index contributed by atoms with van der Waals surface area (Å²) in [4.78, 5) is 4.63. The highest BCUT2D eigenvalue weighted by molar-refractivity contribution is 5.22. The van der Waals surface area contributed by atoms with Gasteiger partial charge in [-0.1, -0.05) is 13.8 Å². The molecule has 0 aliphatic heterocycles. The highest BCUT2D eigenvalue weighted by Crippen LogP contribution is 2.26. The average molecular weight is 169 g/mol. The molecule has 1 rings (SSSR count). The van der Waals surface area contributed by atoms with Gasteiger partial charge in [0.1, 0.15) is 5.76 Å². The molecule has 0 fully saturated rings. The number of hydrogen-bond acceptors (Lipinski definition) is 3. The smallest absolute Gasteiger partial charge is 0.114 e. The molecule has 68 valence electrons. The second kappa shape index (κ2) is 3.29. The van der Waals surface area contributed by atoms with E-state index >= 15 is 0 Å². The molecule has 1 heterocycles. The van der Waals surface area contributed by atoms with Crippen LogP contribution < -0.4 is 5.90 Å². The number of furan rings is 1. The lowest BCUT2D eigenvalue weighted by Crippen LogP contribution is -2.26. The number of rotatable bonds is 3. The SMILES string of the molecule is Cc1ccoc1C(C)(C)CON. The maximum absolute atomic E-state index is 5.35. The second-order valence-electron chi connectivity index (χ2n) is 3.63. The van der Waals surface area contributed by atoms with Crippen LogP contribution in [0.25, 0.3) is 0 Å². The van der Waals surface area contributed by atoms with Crippen LogP contribution in [-0.2, 0) is 10.3 Å². The van der Waals surface area contributed by atoms with Gasteiger partial charge in [0.25, 0.3) is 0 Å². The normalized spacial score (nSPS) is 12.0. The molecule has 1 aromatic rings. The predicted octanol–water partition coefficient (Wildman–Crippen LogP) is 1.76. The summed E-state index contributed by atoms with van der Waals surface area (Å²) < 4.78 is 5.35. The maximum atomic E-state index is 5.35. The third-order valence-electron chi connectivity index (χ3n) is 1.92. The third kappa shape index (κ3) is 1.68. The molecule has 0 spiro atoms. The highest BCUT2D eigenvalue weighted by atomic mass is 16.6. The van der Waals surface area contributed by atoms with Gasteiger partial charge < -0.3 is 9.25 Å². The zero-order chi connectivity index (χ0) is 9.19. The van der Waals surface area contributed by atoms with Crippen LogP contribution in [0, 0.1) is 6.92 Å². The minimum absolute atomic E-state index is 0.150. The minimum atomic E-state index is -0.150. The van der Waals surface area contributed by atoms with Gasteiger partial charge in [-0.3, -0.25) is 0 Å². The van der Waals surface area contributed by atoms with Gasteiger partial charge in [-0.05, 0) is 18.6 Å². The fourth-order valence-corrected chi connectivity index (χ4v) is 1.34. The minimum Gasteiger partial charge on any atom is -0.468 e. The van der Waals surface area contributed by atoms with E-state index in [1.807, 2.05) is 26.8 Å². The van der Waals surface area contributed by atoms with Crippen molar-refractivity contribution in [2.24, 2.45) is 5.90 Å². The van der Waals surface area contributed by atoms with E-state index in [-0.39, 0.29) is 5.41 Å². The summed E-state index contributed by atoms with van der Waals surface area (Å²) in [6.07, 6.45) is 1.68. The van der Waals surface area contributed by atoms with Gasteiger partial charge in [-0.15, -0.1) is 0 Å². The molecule has 0 saturated carbocycles. The standard InChI is InChI=1S/C9H15NO2/c1-7-4-5-11-8(7)9(2,3)6-12-10/h4-5H,6,10H2,1-3H3. The van der Waals surface area contributed by atoms with Crippen LogP contribution in [0.1, 0.15) is 25.2 Å². The van der Waals surface area contributed by atoms with Crippen LogP contribution in [0.3, 0.4) is 0 Å². The fraction of sp³-hybridized carbons (Fsp3) is 0.556. The molecule has 0 amide bonds. The Labute approximate surface area is 72.5 Å². The van der Waals surface area contributed by atoms with Crippen molar-refractivity contribution >= 4 is 0 Å². The maximum Gasteiger partial charge on any atom is 0.114 e. The molecule has 0 aromatic carbocycles. The summed E-state index contributed by atoms with van der Waals surface area (Å²) in [5, 5.41) is 0. The summed E-state index contributed by atoms with van der Waals surface area (Å²) in [6.45, 7) is 6.54. The van der Waals surface area contributed by atoms with E-state index in [9.17, 15) is 0 Å². The van der Waals surface area contributed by atoms with Crippen molar-refractivity contribution in [2.45, 2.75) is 26.2 Å². The van der Waals surface area contributed by atoms with Crippen molar-refractivity contribution < 1.29 is 9.25 Å². The number of hydrogen-bond donors (Lipinski definition) is 1. The Morgan fingerprint density at radius 1 is 1.58 bits per heavy atom. The van der Waals surface area contributed by atoms with E-state index in [4.69, 9.17) is 10.3 Å². The van der Waals surface area contributed by atoms with Gasteiger partial charge in [0, 0.05) is 5.41 Å². The lowest BCUT2D eigenvalue weighted by atomic mass is 9.89. The Balaban J connectivity index is 2.88. The predicted molar refractivity (Wildman–Crippen MR) is 46.6 cm³/mol. The first-order chi connectivity index (χ1) is 5.58. The molecule has 2 N–H and O–H groups in total. The Morgan fingerprint density at radius 3 is 2.67 bits per heavy atom. The largest absolute Gasteiger partial charge is 0.468 e. The molecule has 0 aliphatic carbocycles. The van der Waals surface area contributed by atoms with Gasteiger partial charge in [0.2, 0.25) is 0 Å². The highest BCUT2D eigenvalue weighted by Gasteiger charge is 2.25. The lowest BCUT2D eigenvalue weighted by molar-refractivity contribution is 0.0876. The average Bonchev–Trinajstić information content (AvgIpc) is 2.35. The fourth-order valence-electron chi connectivity index (χ4n) is 1.34. The second-order valence-corrected chi connectivity index (χ2v) is 3.63. The Morgan fingerprint density at radius 2 is 2.25 bits per heavy atom. The molecule has 3 nitrogen and oxygen atoms in total. The van der Waals surface area contributed by atoms with E-state index < -0.39 is 0 Å².